The standard InChI is InChI=1S/C12H20N.ClHO4/c1-3-4-5-6-9-13-10-7-12(2)8-11-13;2-1(3,4)5/h7-8,10-11H,3-6,9H2,1-2H3;(H,2,3,4,5)/q+1;/p-1. The summed E-state index contributed by atoms with van der Waals surface area (Å²) >= 11 is 0. The number of unbranched alkanes of at least 4 members (excludes halogenated alkanes) is 3. The van der Waals surface area contributed by atoms with Gasteiger partial charge in [0.1, 0.15) is 6.54 Å². The zero-order valence-corrected chi connectivity index (χ0v) is 11.6. The molecule has 0 fully saturated rings. The van der Waals surface area contributed by atoms with Crippen molar-refractivity contribution in [2.75, 3.05) is 0 Å². The van der Waals surface area contributed by atoms with E-state index in [2.05, 4.69) is 42.9 Å². The number of rotatable bonds is 5. The molecule has 18 heavy (non-hydrogen) atoms. The molecule has 1 rings (SSSR count). The fourth-order valence-corrected chi connectivity index (χ4v) is 1.40. The minimum absolute atomic E-state index is 1.17. The molecule has 0 bridgehead atoms. The second kappa shape index (κ2) is 9.24. The van der Waals surface area contributed by atoms with Gasteiger partial charge in [-0.25, -0.2) is 23.2 Å². The largest absolute Gasteiger partial charge is 0.222 e. The summed E-state index contributed by atoms with van der Waals surface area (Å²) in [7, 11) is -4.94. The molecule has 0 saturated heterocycles. The maximum atomic E-state index is 8.49. The lowest BCUT2D eigenvalue weighted by molar-refractivity contribution is -2.00. The van der Waals surface area contributed by atoms with Gasteiger partial charge < -0.3 is 0 Å². The van der Waals surface area contributed by atoms with Crippen molar-refractivity contribution in [3.05, 3.63) is 30.1 Å². The van der Waals surface area contributed by atoms with Crippen LogP contribution < -0.4 is 23.2 Å². The molecule has 0 amide bonds. The number of pyridine rings is 1. The van der Waals surface area contributed by atoms with Crippen molar-refractivity contribution in [1.82, 2.24) is 0 Å². The van der Waals surface area contributed by atoms with E-state index in [1.165, 1.54) is 37.8 Å². The molecular weight excluding hydrogens is 258 g/mol. The zero-order valence-electron chi connectivity index (χ0n) is 10.8. The Morgan fingerprint density at radius 1 is 1.00 bits per heavy atom. The van der Waals surface area contributed by atoms with E-state index in [0.29, 0.717) is 0 Å². The Bertz CT molecular complexity index is 305. The first-order valence-corrected chi connectivity index (χ1v) is 7.14. The van der Waals surface area contributed by atoms with Crippen LogP contribution >= 0.6 is 0 Å². The van der Waals surface area contributed by atoms with E-state index in [1.807, 2.05) is 0 Å². The summed E-state index contributed by atoms with van der Waals surface area (Å²) in [6.07, 6.45) is 9.69. The zero-order chi connectivity index (χ0) is 14.0. The van der Waals surface area contributed by atoms with Crippen LogP contribution in [0.1, 0.15) is 38.2 Å². The van der Waals surface area contributed by atoms with Crippen LogP contribution in [0, 0.1) is 17.2 Å². The van der Waals surface area contributed by atoms with Crippen LogP contribution in [0.25, 0.3) is 0 Å². The van der Waals surface area contributed by atoms with Crippen molar-refractivity contribution in [3.63, 3.8) is 0 Å². The number of nitrogens with zero attached hydrogens (tertiary/aromatic N) is 1. The molecule has 0 spiro atoms. The molecule has 0 aliphatic carbocycles. The third kappa shape index (κ3) is 13.3. The highest BCUT2D eigenvalue weighted by Gasteiger charge is 1.97. The summed E-state index contributed by atoms with van der Waals surface area (Å²) in [6, 6.07) is 4.33. The van der Waals surface area contributed by atoms with Gasteiger partial charge in [-0.3, -0.25) is 0 Å². The Balaban J connectivity index is 0.000000494. The normalized spacial score (nSPS) is 10.8. The van der Waals surface area contributed by atoms with E-state index in [0.717, 1.165) is 0 Å². The summed E-state index contributed by atoms with van der Waals surface area (Å²) < 4.78 is 36.2. The third-order valence-electron chi connectivity index (χ3n) is 2.33. The van der Waals surface area contributed by atoms with Gasteiger partial charge in [0.05, 0.1) is 0 Å². The maximum absolute atomic E-state index is 8.49. The lowest BCUT2D eigenvalue weighted by Crippen LogP contribution is -2.68. The van der Waals surface area contributed by atoms with Gasteiger partial charge in [-0.2, -0.15) is 0 Å². The van der Waals surface area contributed by atoms with Crippen molar-refractivity contribution in [3.8, 4) is 0 Å². The first-order valence-electron chi connectivity index (χ1n) is 5.90. The minimum Gasteiger partial charge on any atom is -0.222 e. The predicted molar refractivity (Wildman–Crippen MR) is 55.5 cm³/mol. The van der Waals surface area contributed by atoms with Crippen molar-refractivity contribution in [1.29, 1.82) is 0 Å². The van der Waals surface area contributed by atoms with Crippen molar-refractivity contribution in [2.45, 2.75) is 46.1 Å². The van der Waals surface area contributed by atoms with Gasteiger partial charge in [-0.15, -0.1) is 10.2 Å². The summed E-state index contributed by atoms with van der Waals surface area (Å²) in [5, 5.41) is 0. The quantitative estimate of drug-likeness (QED) is 0.464. The highest BCUT2D eigenvalue weighted by atomic mass is 35.7. The first-order chi connectivity index (χ1) is 8.33. The predicted octanol–water partition coefficient (Wildman–Crippen LogP) is -1.89. The first kappa shape index (κ1) is 17.3. The number of hydrogen-bond acceptors (Lipinski definition) is 4. The average molecular weight is 278 g/mol. The second-order valence-electron chi connectivity index (χ2n) is 4.05. The molecule has 0 saturated carbocycles. The topological polar surface area (TPSA) is 96.1 Å². The van der Waals surface area contributed by atoms with E-state index in [9.17, 15) is 0 Å². The number of aromatic nitrogens is 1. The lowest BCUT2D eigenvalue weighted by atomic mass is 10.2. The highest BCUT2D eigenvalue weighted by molar-refractivity contribution is 5.03. The summed E-state index contributed by atoms with van der Waals surface area (Å²) in [5.41, 5.74) is 1.34. The summed E-state index contributed by atoms with van der Waals surface area (Å²) in [6.45, 7) is 5.54. The molecular formula is C12H20ClNO4. The number of hydrogen-bond donors (Lipinski definition) is 0. The Kier molecular flexibility index (Phi) is 8.87. The Labute approximate surface area is 110 Å². The molecule has 1 aromatic rings. The highest BCUT2D eigenvalue weighted by Crippen LogP contribution is 1.98. The second-order valence-corrected chi connectivity index (χ2v) is 4.81. The minimum atomic E-state index is -4.94. The summed E-state index contributed by atoms with van der Waals surface area (Å²) in [4.78, 5) is 0. The van der Waals surface area contributed by atoms with Crippen LogP contribution in [-0.2, 0) is 6.54 Å². The Morgan fingerprint density at radius 2 is 1.50 bits per heavy atom. The molecule has 0 unspecified atom stereocenters. The van der Waals surface area contributed by atoms with Gasteiger partial charge in [0.15, 0.2) is 12.4 Å². The van der Waals surface area contributed by atoms with Crippen LogP contribution in [0.3, 0.4) is 0 Å². The fourth-order valence-electron chi connectivity index (χ4n) is 1.40. The molecule has 1 heterocycles. The molecule has 0 aliphatic heterocycles. The van der Waals surface area contributed by atoms with Crippen molar-refractivity contribution in [2.24, 2.45) is 0 Å². The Hall–Kier alpha value is -0.720. The van der Waals surface area contributed by atoms with Gasteiger partial charge >= 0.3 is 0 Å². The van der Waals surface area contributed by atoms with Crippen molar-refractivity contribution >= 4 is 0 Å². The molecule has 0 N–H and O–H groups in total. The molecule has 104 valence electrons. The van der Waals surface area contributed by atoms with Crippen LogP contribution in [0.2, 0.25) is 0 Å². The lowest BCUT2D eigenvalue weighted by Gasteiger charge is -2.17. The van der Waals surface area contributed by atoms with E-state index >= 15 is 0 Å². The van der Waals surface area contributed by atoms with E-state index in [4.69, 9.17) is 18.6 Å². The molecule has 0 atom stereocenters. The fraction of sp³-hybridized carbons (Fsp3) is 0.583. The smallest absolute Gasteiger partial charge is 0.169 e. The number of halogens is 1. The van der Waals surface area contributed by atoms with Gasteiger partial charge in [0, 0.05) is 18.6 Å². The van der Waals surface area contributed by atoms with Crippen LogP contribution in [0.4, 0.5) is 0 Å². The van der Waals surface area contributed by atoms with E-state index in [-0.39, 0.29) is 0 Å². The van der Waals surface area contributed by atoms with Crippen molar-refractivity contribution < 1.29 is 33.4 Å². The SMILES string of the molecule is CCCCCC[n+]1ccc(C)cc1.[O-][Cl+3]([O-])([O-])[O-]. The van der Waals surface area contributed by atoms with Crippen LogP contribution in [0.5, 0.6) is 0 Å². The molecule has 0 aromatic carbocycles. The molecule has 0 radical (unpaired) electrons. The summed E-state index contributed by atoms with van der Waals surface area (Å²) in [5.74, 6) is 0. The molecule has 6 heteroatoms. The molecule has 1 aromatic heterocycles. The van der Waals surface area contributed by atoms with Crippen LogP contribution in [-0.4, -0.2) is 0 Å². The average Bonchev–Trinajstić information content (AvgIpc) is 2.25. The Morgan fingerprint density at radius 3 is 1.94 bits per heavy atom. The van der Waals surface area contributed by atoms with E-state index < -0.39 is 10.2 Å². The number of aryl methyl sites for hydroxylation is 2. The van der Waals surface area contributed by atoms with E-state index in [1.54, 1.807) is 0 Å². The molecule has 0 aliphatic rings. The maximum Gasteiger partial charge on any atom is 0.169 e. The monoisotopic (exact) mass is 277 g/mol. The van der Waals surface area contributed by atoms with Gasteiger partial charge in [-0.05, 0) is 18.9 Å². The van der Waals surface area contributed by atoms with Gasteiger partial charge in [-0.1, -0.05) is 19.8 Å². The van der Waals surface area contributed by atoms with Crippen LogP contribution in [0.15, 0.2) is 24.5 Å². The molecule has 5 nitrogen and oxygen atoms in total. The van der Waals surface area contributed by atoms with Gasteiger partial charge in [0.2, 0.25) is 0 Å². The third-order valence-corrected chi connectivity index (χ3v) is 2.33. The van der Waals surface area contributed by atoms with Gasteiger partial charge in [0.25, 0.3) is 0 Å².